The number of benzene rings is 2. The summed E-state index contributed by atoms with van der Waals surface area (Å²) in [6, 6.07) is 14.8. The molecule has 0 amide bonds. The van der Waals surface area contributed by atoms with Crippen LogP contribution in [0.4, 0.5) is 5.69 Å². The summed E-state index contributed by atoms with van der Waals surface area (Å²) in [5.74, 6) is -0.387. The van der Waals surface area contributed by atoms with Gasteiger partial charge in [0.05, 0.1) is 16.1 Å². The van der Waals surface area contributed by atoms with E-state index in [1.165, 1.54) is 48.5 Å². The van der Waals surface area contributed by atoms with Crippen LogP contribution in [-0.4, -0.2) is 27.5 Å². The largest absolute Gasteiger partial charge is 0.459 e. The van der Waals surface area contributed by atoms with Crippen LogP contribution in [-0.2, 0) is 14.8 Å². The molecule has 2 aromatic carbocycles. The first-order valence-electron chi connectivity index (χ1n) is 9.33. The molecule has 0 saturated heterocycles. The highest BCUT2D eigenvalue weighted by Crippen LogP contribution is 2.23. The van der Waals surface area contributed by atoms with Crippen molar-refractivity contribution in [2.75, 3.05) is 11.4 Å². The molecule has 0 aromatic heterocycles. The molecule has 6 heteroatoms. The lowest BCUT2D eigenvalue weighted by Crippen LogP contribution is -2.26. The molecule has 0 radical (unpaired) electrons. The van der Waals surface area contributed by atoms with Gasteiger partial charge in [0.2, 0.25) is 0 Å². The van der Waals surface area contributed by atoms with Crippen LogP contribution in [0.3, 0.4) is 0 Å². The molecule has 2 aromatic rings. The number of hydrogen-bond acceptors (Lipinski definition) is 4. The molecule has 1 aliphatic rings. The van der Waals surface area contributed by atoms with Crippen molar-refractivity contribution in [3.05, 3.63) is 60.2 Å². The van der Waals surface area contributed by atoms with E-state index in [1.807, 2.05) is 6.07 Å². The van der Waals surface area contributed by atoms with E-state index in [1.54, 1.807) is 24.3 Å². The predicted molar refractivity (Wildman–Crippen MR) is 105 cm³/mol. The van der Waals surface area contributed by atoms with E-state index in [9.17, 15) is 13.2 Å². The lowest BCUT2D eigenvalue weighted by atomic mass is 10.1. The van der Waals surface area contributed by atoms with Crippen LogP contribution in [0.25, 0.3) is 0 Å². The van der Waals surface area contributed by atoms with Gasteiger partial charge in [-0.15, -0.1) is 0 Å². The lowest BCUT2D eigenvalue weighted by Gasteiger charge is -2.19. The molecule has 3 rings (SSSR count). The average Bonchev–Trinajstić information content (AvgIpc) is 2.96. The summed E-state index contributed by atoms with van der Waals surface area (Å²) >= 11 is 0. The summed E-state index contributed by atoms with van der Waals surface area (Å²) in [6.07, 6.45) is 6.32. The highest BCUT2D eigenvalue weighted by molar-refractivity contribution is 7.92. The van der Waals surface area contributed by atoms with Gasteiger partial charge in [-0.1, -0.05) is 31.0 Å². The van der Waals surface area contributed by atoms with Gasteiger partial charge in [-0.3, -0.25) is 4.31 Å². The molecule has 5 nitrogen and oxygen atoms in total. The average molecular weight is 388 g/mol. The van der Waals surface area contributed by atoms with Crippen LogP contribution in [0.1, 0.15) is 48.9 Å². The Labute approximate surface area is 161 Å². The van der Waals surface area contributed by atoms with Gasteiger partial charge >= 0.3 is 5.97 Å². The number of anilines is 1. The monoisotopic (exact) mass is 387 g/mol. The molecule has 1 fully saturated rings. The third-order valence-electron chi connectivity index (χ3n) is 4.94. The Kier molecular flexibility index (Phi) is 6.16. The molecule has 144 valence electrons. The van der Waals surface area contributed by atoms with E-state index in [4.69, 9.17) is 4.74 Å². The van der Waals surface area contributed by atoms with Crippen molar-refractivity contribution in [2.24, 2.45) is 0 Å². The molecule has 0 bridgehead atoms. The number of sulfonamides is 1. The molecule has 27 heavy (non-hydrogen) atoms. The normalized spacial score (nSPS) is 15.7. The first-order valence-corrected chi connectivity index (χ1v) is 10.8. The minimum absolute atomic E-state index is 0.0346. The zero-order chi connectivity index (χ0) is 19.3. The van der Waals surface area contributed by atoms with Gasteiger partial charge in [0.15, 0.2) is 0 Å². The Morgan fingerprint density at radius 3 is 2.11 bits per heavy atom. The van der Waals surface area contributed by atoms with Crippen LogP contribution in [0.2, 0.25) is 0 Å². The number of hydrogen-bond donors (Lipinski definition) is 0. The molecular weight excluding hydrogens is 362 g/mol. The molecule has 1 aliphatic carbocycles. The fourth-order valence-corrected chi connectivity index (χ4v) is 4.47. The third kappa shape index (κ3) is 4.69. The van der Waals surface area contributed by atoms with Crippen molar-refractivity contribution in [3.63, 3.8) is 0 Å². The second-order valence-corrected chi connectivity index (χ2v) is 8.82. The number of carbonyl (C=O) groups excluding carboxylic acids is 1. The maximum Gasteiger partial charge on any atom is 0.338 e. The zero-order valence-electron chi connectivity index (χ0n) is 15.5. The highest BCUT2D eigenvalue weighted by atomic mass is 32.2. The quantitative estimate of drug-likeness (QED) is 0.564. The second-order valence-electron chi connectivity index (χ2n) is 6.85. The SMILES string of the molecule is CN(c1ccccc1)S(=O)(=O)c1ccc(C(=O)OC2CCCCCC2)cc1. The summed E-state index contributed by atoms with van der Waals surface area (Å²) in [7, 11) is -2.17. The number of carbonyl (C=O) groups is 1. The van der Waals surface area contributed by atoms with Gasteiger partial charge in [0.1, 0.15) is 6.10 Å². The van der Waals surface area contributed by atoms with Gasteiger partial charge < -0.3 is 4.74 Å². The molecule has 0 N–H and O–H groups in total. The van der Waals surface area contributed by atoms with E-state index in [0.717, 1.165) is 25.7 Å². The number of rotatable bonds is 5. The van der Waals surface area contributed by atoms with E-state index in [0.29, 0.717) is 11.3 Å². The van der Waals surface area contributed by atoms with Crippen molar-refractivity contribution in [1.82, 2.24) is 0 Å². The summed E-state index contributed by atoms with van der Waals surface area (Å²) in [5, 5.41) is 0. The molecule has 0 atom stereocenters. The standard InChI is InChI=1S/C21H25NO4S/c1-22(18-9-5-4-6-10-18)27(24,25)20-15-13-17(14-16-20)21(23)26-19-11-7-2-3-8-12-19/h4-6,9-10,13-16,19H,2-3,7-8,11-12H2,1H3. The highest BCUT2D eigenvalue weighted by Gasteiger charge is 2.22. The minimum atomic E-state index is -3.69. The van der Waals surface area contributed by atoms with Crippen molar-refractivity contribution in [1.29, 1.82) is 0 Å². The first-order chi connectivity index (χ1) is 13.0. The topological polar surface area (TPSA) is 63.7 Å². The van der Waals surface area contributed by atoms with Crippen LogP contribution >= 0.6 is 0 Å². The molecule has 0 aliphatic heterocycles. The number of para-hydroxylation sites is 1. The van der Waals surface area contributed by atoms with Gasteiger partial charge in [-0.25, -0.2) is 13.2 Å². The predicted octanol–water partition coefficient (Wildman–Crippen LogP) is 4.39. The maximum atomic E-state index is 12.8. The van der Waals surface area contributed by atoms with E-state index < -0.39 is 10.0 Å². The summed E-state index contributed by atoms with van der Waals surface area (Å²) in [4.78, 5) is 12.5. The molecule has 0 spiro atoms. The number of nitrogens with zero attached hydrogens (tertiary/aromatic N) is 1. The Hall–Kier alpha value is -2.34. The van der Waals surface area contributed by atoms with Gasteiger partial charge in [0, 0.05) is 7.05 Å². The fourth-order valence-electron chi connectivity index (χ4n) is 3.28. The smallest absolute Gasteiger partial charge is 0.338 e. The van der Waals surface area contributed by atoms with E-state index >= 15 is 0 Å². The van der Waals surface area contributed by atoms with Crippen molar-refractivity contribution in [3.8, 4) is 0 Å². The Bertz CT molecular complexity index is 855. The van der Waals surface area contributed by atoms with Gasteiger partial charge in [0.25, 0.3) is 10.0 Å². The minimum Gasteiger partial charge on any atom is -0.459 e. The molecule has 0 unspecified atom stereocenters. The Morgan fingerprint density at radius 2 is 1.52 bits per heavy atom. The van der Waals surface area contributed by atoms with Crippen molar-refractivity contribution in [2.45, 2.75) is 49.5 Å². The summed E-state index contributed by atoms with van der Waals surface area (Å²) in [6.45, 7) is 0. The van der Waals surface area contributed by atoms with E-state index in [2.05, 4.69) is 0 Å². The molecule has 0 heterocycles. The zero-order valence-corrected chi connectivity index (χ0v) is 16.3. The van der Waals surface area contributed by atoms with Gasteiger partial charge in [-0.2, -0.15) is 0 Å². The lowest BCUT2D eigenvalue weighted by molar-refractivity contribution is 0.0267. The van der Waals surface area contributed by atoms with Gasteiger partial charge in [-0.05, 0) is 62.1 Å². The van der Waals surface area contributed by atoms with Crippen molar-refractivity contribution < 1.29 is 17.9 Å². The maximum absolute atomic E-state index is 12.8. The Morgan fingerprint density at radius 1 is 0.926 bits per heavy atom. The summed E-state index contributed by atoms with van der Waals surface area (Å²) in [5.41, 5.74) is 0.954. The third-order valence-corrected chi connectivity index (χ3v) is 6.74. The van der Waals surface area contributed by atoms with Crippen LogP contribution in [0.15, 0.2) is 59.5 Å². The van der Waals surface area contributed by atoms with Crippen LogP contribution < -0.4 is 4.31 Å². The van der Waals surface area contributed by atoms with Crippen molar-refractivity contribution >= 4 is 21.7 Å². The van der Waals surface area contributed by atoms with Crippen LogP contribution in [0, 0.1) is 0 Å². The number of ether oxygens (including phenoxy) is 1. The van der Waals surface area contributed by atoms with E-state index in [-0.39, 0.29) is 17.0 Å². The first kappa shape index (κ1) is 19.4. The summed E-state index contributed by atoms with van der Waals surface area (Å²) < 4.78 is 32.4. The second kappa shape index (κ2) is 8.57. The van der Waals surface area contributed by atoms with Crippen LogP contribution in [0.5, 0.6) is 0 Å². The molecular formula is C21H25NO4S. The number of esters is 1. The Balaban J connectivity index is 1.71. The fraction of sp³-hybridized carbons (Fsp3) is 0.381. The molecule has 1 saturated carbocycles.